The first-order chi connectivity index (χ1) is 15.0. The molecule has 3 rings (SSSR count). The quantitative estimate of drug-likeness (QED) is 0.451. The monoisotopic (exact) mass is 419 g/mol. The van der Waals surface area contributed by atoms with Gasteiger partial charge in [0.2, 0.25) is 0 Å². The van der Waals surface area contributed by atoms with E-state index < -0.39 is 0 Å². The highest BCUT2D eigenvalue weighted by atomic mass is 15.1. The van der Waals surface area contributed by atoms with Crippen molar-refractivity contribution in [1.82, 2.24) is 9.88 Å². The van der Waals surface area contributed by atoms with Crippen molar-refractivity contribution < 1.29 is 0 Å². The number of nitrogens with zero attached hydrogens (tertiary/aromatic N) is 1. The highest BCUT2D eigenvalue weighted by Crippen LogP contribution is 2.27. The molecule has 3 heteroatoms. The van der Waals surface area contributed by atoms with E-state index >= 15 is 0 Å². The second-order valence-corrected chi connectivity index (χ2v) is 9.13. The van der Waals surface area contributed by atoms with Gasteiger partial charge in [0, 0.05) is 32.9 Å². The Bertz CT molecular complexity index is 997. The van der Waals surface area contributed by atoms with Crippen molar-refractivity contribution in [2.75, 3.05) is 6.54 Å². The van der Waals surface area contributed by atoms with Gasteiger partial charge < -0.3 is 15.6 Å². The Balaban J connectivity index is 1.60. The first kappa shape index (κ1) is 23.4. The summed E-state index contributed by atoms with van der Waals surface area (Å²) in [6, 6.07) is 6.83. The van der Waals surface area contributed by atoms with E-state index in [1.54, 1.807) is 0 Å². The number of piperidine rings is 1. The third-order valence-corrected chi connectivity index (χ3v) is 6.75. The standard InChI is InChI=1S/C28H41N3/c1-21-18-19-27(22(2)30-21)31-23(3)26-17-14-16-25(28(26)24(31)4)15-12-10-8-6-5-7-9-11-13-20-29/h14,16-17,27,30H,1-13,15,18-20,29H2. The summed E-state index contributed by atoms with van der Waals surface area (Å²) in [6.45, 7) is 18.0. The minimum atomic E-state index is 0.190. The molecule has 1 atom stereocenters. The summed E-state index contributed by atoms with van der Waals surface area (Å²) in [5.74, 6) is 0. The third kappa shape index (κ3) is 5.71. The number of hydrogen-bond acceptors (Lipinski definition) is 2. The van der Waals surface area contributed by atoms with Gasteiger partial charge in [-0.1, -0.05) is 89.5 Å². The smallest absolute Gasteiger partial charge is 0.0738 e. The number of nitrogens with one attached hydrogen (secondary N) is 1. The average molecular weight is 420 g/mol. The number of hydrogen-bond donors (Lipinski definition) is 2. The predicted molar refractivity (Wildman–Crippen MR) is 136 cm³/mol. The molecule has 0 aliphatic carbocycles. The van der Waals surface area contributed by atoms with Crippen molar-refractivity contribution in [3.63, 3.8) is 0 Å². The molecule has 3 nitrogen and oxygen atoms in total. The van der Waals surface area contributed by atoms with Crippen LogP contribution in [0.1, 0.15) is 82.2 Å². The van der Waals surface area contributed by atoms with Crippen molar-refractivity contribution in [1.29, 1.82) is 0 Å². The van der Waals surface area contributed by atoms with Crippen molar-refractivity contribution in [3.05, 3.63) is 59.0 Å². The summed E-state index contributed by atoms with van der Waals surface area (Å²) < 4.78 is 2.29. The maximum Gasteiger partial charge on any atom is 0.0738 e. The Morgan fingerprint density at radius 2 is 1.52 bits per heavy atom. The SMILES string of the molecule is C=C1CCC(n2c(=C)c3cccc(CCCCCCCCCCCN)c3c2=C)C(=C)N1. The Kier molecular flexibility index (Phi) is 8.60. The Hall–Kier alpha value is -2.26. The lowest BCUT2D eigenvalue weighted by molar-refractivity contribution is 0.458. The maximum absolute atomic E-state index is 5.56. The third-order valence-electron chi connectivity index (χ3n) is 6.75. The number of rotatable bonds is 12. The van der Waals surface area contributed by atoms with Crippen molar-refractivity contribution >= 4 is 23.9 Å². The van der Waals surface area contributed by atoms with Crippen LogP contribution in [0.15, 0.2) is 42.8 Å². The molecule has 1 saturated heterocycles. The van der Waals surface area contributed by atoms with Crippen LogP contribution in [-0.4, -0.2) is 11.1 Å². The molecule has 1 fully saturated rings. The van der Waals surface area contributed by atoms with Crippen LogP contribution in [-0.2, 0) is 6.42 Å². The number of unbranched alkanes of at least 4 members (excludes halogenated alkanes) is 8. The van der Waals surface area contributed by atoms with E-state index in [2.05, 4.69) is 54.4 Å². The maximum atomic E-state index is 5.56. The van der Waals surface area contributed by atoms with E-state index in [9.17, 15) is 0 Å². The molecule has 0 bridgehead atoms. The number of fused-ring (bicyclic) bond motifs is 1. The highest BCUT2D eigenvalue weighted by molar-refractivity contribution is 5.87. The van der Waals surface area contributed by atoms with Gasteiger partial charge in [-0.3, -0.25) is 0 Å². The first-order valence-corrected chi connectivity index (χ1v) is 12.2. The van der Waals surface area contributed by atoms with Crippen molar-refractivity contribution in [3.8, 4) is 0 Å². The topological polar surface area (TPSA) is 43.0 Å². The molecule has 0 amide bonds. The highest BCUT2D eigenvalue weighted by Gasteiger charge is 2.23. The van der Waals surface area contributed by atoms with Crippen LogP contribution in [0, 0.1) is 0 Å². The number of aromatic nitrogens is 1. The van der Waals surface area contributed by atoms with Gasteiger partial charge in [-0.25, -0.2) is 0 Å². The van der Waals surface area contributed by atoms with Crippen LogP contribution in [0.5, 0.6) is 0 Å². The van der Waals surface area contributed by atoms with Gasteiger partial charge in [0.15, 0.2) is 0 Å². The van der Waals surface area contributed by atoms with Gasteiger partial charge in [-0.2, -0.15) is 0 Å². The largest absolute Gasteiger partial charge is 0.362 e. The zero-order valence-electron chi connectivity index (χ0n) is 19.4. The summed E-state index contributed by atoms with van der Waals surface area (Å²) in [5, 5.41) is 8.00. The van der Waals surface area contributed by atoms with E-state index in [-0.39, 0.29) is 6.04 Å². The lowest BCUT2D eigenvalue weighted by Gasteiger charge is -2.29. The van der Waals surface area contributed by atoms with E-state index in [0.717, 1.165) is 47.9 Å². The van der Waals surface area contributed by atoms with Gasteiger partial charge in [-0.15, -0.1) is 0 Å². The summed E-state index contributed by atoms with van der Waals surface area (Å²) >= 11 is 0. The van der Waals surface area contributed by atoms with Crippen LogP contribution in [0.4, 0.5) is 0 Å². The molecule has 31 heavy (non-hydrogen) atoms. The minimum absolute atomic E-state index is 0.190. The normalized spacial score (nSPS) is 16.7. The minimum Gasteiger partial charge on any atom is -0.362 e. The number of nitrogens with two attached hydrogens (primary N) is 1. The lowest BCUT2D eigenvalue weighted by Crippen LogP contribution is -2.36. The summed E-state index contributed by atoms with van der Waals surface area (Å²) in [6.07, 6.45) is 14.8. The molecule has 1 unspecified atom stereocenters. The second kappa shape index (κ2) is 11.4. The first-order valence-electron chi connectivity index (χ1n) is 12.2. The van der Waals surface area contributed by atoms with E-state index in [4.69, 9.17) is 5.73 Å². The Labute approximate surface area is 188 Å². The van der Waals surface area contributed by atoms with Crippen LogP contribution >= 0.6 is 0 Å². The fraction of sp³-hybridized carbons (Fsp3) is 0.500. The summed E-state index contributed by atoms with van der Waals surface area (Å²) in [4.78, 5) is 0. The average Bonchev–Trinajstić information content (AvgIpc) is 3.01. The van der Waals surface area contributed by atoms with Gasteiger partial charge in [0.25, 0.3) is 0 Å². The summed E-state index contributed by atoms with van der Waals surface area (Å²) in [7, 11) is 0. The molecule has 2 heterocycles. The molecule has 1 aliphatic rings. The molecule has 1 aromatic heterocycles. The molecule has 168 valence electrons. The molecule has 0 spiro atoms. The van der Waals surface area contributed by atoms with E-state index in [1.807, 2.05) is 0 Å². The number of aryl methyl sites for hydroxylation is 1. The second-order valence-electron chi connectivity index (χ2n) is 9.13. The van der Waals surface area contributed by atoms with Crippen LogP contribution < -0.4 is 21.7 Å². The van der Waals surface area contributed by atoms with Gasteiger partial charge in [0.1, 0.15) is 0 Å². The molecule has 0 saturated carbocycles. The van der Waals surface area contributed by atoms with E-state index in [1.165, 1.54) is 74.1 Å². The Morgan fingerprint density at radius 1 is 0.871 bits per heavy atom. The van der Waals surface area contributed by atoms with Gasteiger partial charge in [-0.05, 0) is 44.2 Å². The molecular formula is C28H41N3. The number of benzene rings is 1. The molecule has 2 aromatic rings. The van der Waals surface area contributed by atoms with Gasteiger partial charge in [0.05, 0.1) is 6.04 Å². The molecule has 3 N–H and O–H groups in total. The summed E-state index contributed by atoms with van der Waals surface area (Å²) in [5.41, 5.74) is 9.01. The molecule has 1 aliphatic heterocycles. The lowest BCUT2D eigenvalue weighted by atomic mass is 10.0. The number of allylic oxidation sites excluding steroid dienone is 2. The molecular weight excluding hydrogens is 378 g/mol. The van der Waals surface area contributed by atoms with Crippen molar-refractivity contribution in [2.24, 2.45) is 5.73 Å². The van der Waals surface area contributed by atoms with Gasteiger partial charge >= 0.3 is 0 Å². The Morgan fingerprint density at radius 3 is 2.16 bits per heavy atom. The fourth-order valence-electron chi connectivity index (χ4n) is 5.02. The van der Waals surface area contributed by atoms with Crippen LogP contribution in [0.3, 0.4) is 0 Å². The van der Waals surface area contributed by atoms with Crippen molar-refractivity contribution in [2.45, 2.75) is 83.1 Å². The predicted octanol–water partition coefficient (Wildman–Crippen LogP) is 5.43. The fourth-order valence-corrected chi connectivity index (χ4v) is 5.02. The zero-order valence-corrected chi connectivity index (χ0v) is 19.4. The molecule has 1 aromatic carbocycles. The molecule has 0 radical (unpaired) electrons. The zero-order chi connectivity index (χ0) is 22.2. The van der Waals surface area contributed by atoms with E-state index in [0.29, 0.717) is 0 Å². The van der Waals surface area contributed by atoms with Crippen LogP contribution in [0.2, 0.25) is 0 Å². The van der Waals surface area contributed by atoms with Crippen LogP contribution in [0.25, 0.3) is 23.9 Å².